The van der Waals surface area contributed by atoms with E-state index in [1.807, 2.05) is 31.2 Å². The number of aromatic amines is 1. The first-order valence-electron chi connectivity index (χ1n) is 12.3. The van der Waals surface area contributed by atoms with Gasteiger partial charge in [-0.3, -0.25) is 4.79 Å². The van der Waals surface area contributed by atoms with E-state index < -0.39 is 9.84 Å². The van der Waals surface area contributed by atoms with Gasteiger partial charge in [0.15, 0.2) is 21.3 Å². The van der Waals surface area contributed by atoms with Gasteiger partial charge >= 0.3 is 0 Å². The molecule has 0 unspecified atom stereocenters. The lowest BCUT2D eigenvalue weighted by Gasteiger charge is -2.15. The van der Waals surface area contributed by atoms with Crippen molar-refractivity contribution in [3.63, 3.8) is 0 Å². The molecule has 1 atom stereocenters. The molecule has 2 aromatic heterocycles. The zero-order valence-corrected chi connectivity index (χ0v) is 22.2. The molecule has 2 aromatic carbocycles. The first kappa shape index (κ1) is 25.5. The van der Waals surface area contributed by atoms with Crippen LogP contribution in [0.1, 0.15) is 36.9 Å². The number of nitrogens with one attached hydrogen (secondary N) is 2. The molecular formula is C29H29N3O5S. The van der Waals surface area contributed by atoms with Crippen LogP contribution < -0.4 is 14.8 Å². The van der Waals surface area contributed by atoms with Gasteiger partial charge in [-0.05, 0) is 67.3 Å². The average Bonchev–Trinajstić information content (AvgIpc) is 3.73. The van der Waals surface area contributed by atoms with Gasteiger partial charge in [-0.1, -0.05) is 18.2 Å². The van der Waals surface area contributed by atoms with Gasteiger partial charge in [-0.25, -0.2) is 13.4 Å². The monoisotopic (exact) mass is 531 g/mol. The summed E-state index contributed by atoms with van der Waals surface area (Å²) >= 11 is 0. The van der Waals surface area contributed by atoms with E-state index in [4.69, 9.17) is 9.47 Å². The molecule has 1 aliphatic carbocycles. The van der Waals surface area contributed by atoms with Gasteiger partial charge in [0, 0.05) is 35.0 Å². The van der Waals surface area contributed by atoms with E-state index in [1.54, 1.807) is 57.0 Å². The van der Waals surface area contributed by atoms with Crippen LogP contribution in [0.4, 0.5) is 0 Å². The average molecular weight is 532 g/mol. The summed E-state index contributed by atoms with van der Waals surface area (Å²) in [4.78, 5) is 20.6. The molecule has 8 nitrogen and oxygen atoms in total. The first-order chi connectivity index (χ1) is 18.3. The van der Waals surface area contributed by atoms with Crippen LogP contribution in [0.2, 0.25) is 0 Å². The lowest BCUT2D eigenvalue weighted by molar-refractivity contribution is -0.117. The fourth-order valence-electron chi connectivity index (χ4n) is 4.38. The second kappa shape index (κ2) is 10.3. The lowest BCUT2D eigenvalue weighted by atomic mass is 10.1. The van der Waals surface area contributed by atoms with E-state index in [2.05, 4.69) is 15.3 Å². The molecule has 196 valence electrons. The SMILES string of the molecule is COc1ccc([C@@H](C)NC(=O)/C=C/c2c[nH]c3ncc(-c4cccc(S(=O)(=O)C5CC5)c4)cc23)cc1OC. The molecule has 9 heteroatoms. The number of ether oxygens (including phenoxy) is 2. The molecule has 4 aromatic rings. The molecule has 5 rings (SSSR count). The Hall–Kier alpha value is -4.11. The van der Waals surface area contributed by atoms with Crippen molar-refractivity contribution < 1.29 is 22.7 Å². The molecule has 1 saturated carbocycles. The zero-order chi connectivity index (χ0) is 26.9. The molecule has 0 bridgehead atoms. The van der Waals surface area contributed by atoms with Crippen molar-refractivity contribution in [3.8, 4) is 22.6 Å². The van der Waals surface area contributed by atoms with Gasteiger partial charge in [-0.2, -0.15) is 0 Å². The first-order valence-corrected chi connectivity index (χ1v) is 13.9. The Morgan fingerprint density at radius 3 is 2.61 bits per heavy atom. The predicted molar refractivity (Wildman–Crippen MR) is 147 cm³/mol. The molecule has 38 heavy (non-hydrogen) atoms. The highest BCUT2D eigenvalue weighted by molar-refractivity contribution is 7.92. The van der Waals surface area contributed by atoms with Gasteiger partial charge in [0.2, 0.25) is 5.91 Å². The number of aromatic nitrogens is 2. The van der Waals surface area contributed by atoms with Crippen LogP contribution in [-0.2, 0) is 14.6 Å². The second-order valence-corrected chi connectivity index (χ2v) is 11.5. The Balaban J connectivity index is 1.34. The Labute approximate surface area is 221 Å². The van der Waals surface area contributed by atoms with E-state index in [-0.39, 0.29) is 17.2 Å². The van der Waals surface area contributed by atoms with Crippen LogP contribution in [0.3, 0.4) is 0 Å². The third kappa shape index (κ3) is 5.15. The summed E-state index contributed by atoms with van der Waals surface area (Å²) in [5.41, 5.74) is 3.93. The molecule has 0 spiro atoms. The lowest BCUT2D eigenvalue weighted by Crippen LogP contribution is -2.24. The predicted octanol–water partition coefficient (Wildman–Crippen LogP) is 5.07. The number of carbonyl (C=O) groups is 1. The van der Waals surface area contributed by atoms with Crippen molar-refractivity contribution in [2.24, 2.45) is 0 Å². The van der Waals surface area contributed by atoms with Gasteiger partial charge in [0.1, 0.15) is 5.65 Å². The number of sulfone groups is 1. The standard InChI is InChI=1S/C29H29N3O5S/c1-18(19-7-11-26(36-2)27(15-19)37-3)32-28(33)12-8-21-16-30-29-25(21)14-22(17-31-29)20-5-4-6-24(13-20)38(34,35)23-9-10-23/h4-8,11-18,23H,9-10H2,1-3H3,(H,30,31)(H,32,33)/b12-8+/t18-/m1/s1. The number of fused-ring (bicyclic) bond motifs is 1. The molecule has 0 aliphatic heterocycles. The Morgan fingerprint density at radius 1 is 1.08 bits per heavy atom. The van der Waals surface area contributed by atoms with E-state index in [9.17, 15) is 13.2 Å². The number of H-pyrrole nitrogens is 1. The minimum Gasteiger partial charge on any atom is -0.493 e. The molecule has 0 radical (unpaired) electrons. The van der Waals surface area contributed by atoms with E-state index >= 15 is 0 Å². The summed E-state index contributed by atoms with van der Waals surface area (Å²) in [6.45, 7) is 1.90. The normalized spacial score (nSPS) is 14.5. The highest BCUT2D eigenvalue weighted by atomic mass is 32.2. The van der Waals surface area contributed by atoms with Crippen LogP contribution in [0.25, 0.3) is 28.2 Å². The number of benzene rings is 2. The summed E-state index contributed by atoms with van der Waals surface area (Å²) in [5.74, 6) is 0.974. The number of nitrogens with zero attached hydrogens (tertiary/aromatic N) is 1. The van der Waals surface area contributed by atoms with Gasteiger partial charge in [-0.15, -0.1) is 0 Å². The van der Waals surface area contributed by atoms with Crippen LogP contribution in [-0.4, -0.2) is 43.8 Å². The van der Waals surface area contributed by atoms with Crippen LogP contribution in [0.15, 0.2) is 71.9 Å². The van der Waals surface area contributed by atoms with Crippen molar-refractivity contribution >= 4 is 32.9 Å². The number of hydrogen-bond donors (Lipinski definition) is 2. The van der Waals surface area contributed by atoms with Crippen LogP contribution >= 0.6 is 0 Å². The van der Waals surface area contributed by atoms with Crippen molar-refractivity contribution in [1.29, 1.82) is 0 Å². The minimum atomic E-state index is -3.29. The Morgan fingerprint density at radius 2 is 1.87 bits per heavy atom. The highest BCUT2D eigenvalue weighted by Gasteiger charge is 2.36. The fraction of sp³-hybridized carbons (Fsp3) is 0.241. The van der Waals surface area contributed by atoms with E-state index in [0.29, 0.717) is 22.0 Å². The summed E-state index contributed by atoms with van der Waals surface area (Å²) in [6.07, 6.45) is 8.16. The molecule has 2 N–H and O–H groups in total. The van der Waals surface area contributed by atoms with Crippen molar-refractivity contribution in [3.05, 3.63) is 78.1 Å². The maximum Gasteiger partial charge on any atom is 0.244 e. The summed E-state index contributed by atoms with van der Waals surface area (Å²) in [5, 5.41) is 3.53. The Bertz CT molecular complexity index is 1640. The molecular weight excluding hydrogens is 502 g/mol. The van der Waals surface area contributed by atoms with Crippen molar-refractivity contribution in [2.45, 2.75) is 36.0 Å². The second-order valence-electron chi connectivity index (χ2n) is 9.31. The minimum absolute atomic E-state index is 0.247. The van der Waals surface area contributed by atoms with E-state index in [0.717, 1.165) is 40.5 Å². The molecule has 0 saturated heterocycles. The maximum atomic E-state index is 12.7. The number of pyridine rings is 1. The summed E-state index contributed by atoms with van der Waals surface area (Å²) in [6, 6.07) is 14.2. The topological polar surface area (TPSA) is 110 Å². The molecule has 1 fully saturated rings. The summed E-state index contributed by atoms with van der Waals surface area (Å²) in [7, 11) is -0.139. The van der Waals surface area contributed by atoms with Crippen molar-refractivity contribution in [1.82, 2.24) is 15.3 Å². The molecule has 2 heterocycles. The third-order valence-corrected chi connectivity index (χ3v) is 8.96. The van der Waals surface area contributed by atoms with Crippen molar-refractivity contribution in [2.75, 3.05) is 14.2 Å². The number of carbonyl (C=O) groups excluding carboxylic acids is 1. The maximum absolute atomic E-state index is 12.7. The Kier molecular flexibility index (Phi) is 6.94. The highest BCUT2D eigenvalue weighted by Crippen LogP contribution is 2.35. The smallest absolute Gasteiger partial charge is 0.244 e. The number of methoxy groups -OCH3 is 2. The number of rotatable bonds is 9. The quantitative estimate of drug-likeness (QED) is 0.292. The van der Waals surface area contributed by atoms with Crippen LogP contribution in [0.5, 0.6) is 11.5 Å². The molecule has 1 amide bonds. The van der Waals surface area contributed by atoms with Crippen LogP contribution in [0, 0.1) is 0 Å². The largest absolute Gasteiger partial charge is 0.493 e. The third-order valence-electron chi connectivity index (χ3n) is 6.70. The van der Waals surface area contributed by atoms with Gasteiger partial charge in [0.25, 0.3) is 0 Å². The van der Waals surface area contributed by atoms with E-state index in [1.165, 1.54) is 6.08 Å². The van der Waals surface area contributed by atoms with Gasteiger partial charge < -0.3 is 19.8 Å². The fourth-order valence-corrected chi connectivity index (χ4v) is 6.08. The molecule has 1 aliphatic rings. The summed E-state index contributed by atoms with van der Waals surface area (Å²) < 4.78 is 36.0. The number of hydrogen-bond acceptors (Lipinski definition) is 6. The number of amides is 1. The zero-order valence-electron chi connectivity index (χ0n) is 21.4. The van der Waals surface area contributed by atoms with Gasteiger partial charge in [0.05, 0.1) is 30.4 Å².